The van der Waals surface area contributed by atoms with Crippen LogP contribution in [0.15, 0.2) is 45.8 Å². The number of fused-ring (bicyclic) bond motifs is 1. The first-order valence-electron chi connectivity index (χ1n) is 7.67. The predicted molar refractivity (Wildman–Crippen MR) is 93.6 cm³/mol. The average Bonchev–Trinajstić information content (AvgIpc) is 3.09. The Hall–Kier alpha value is -2.67. The molecule has 0 fully saturated rings. The molecule has 7 heteroatoms. The minimum atomic E-state index is -0.245. The van der Waals surface area contributed by atoms with E-state index in [-0.39, 0.29) is 11.5 Å². The molecule has 2 aromatic heterocycles. The summed E-state index contributed by atoms with van der Waals surface area (Å²) >= 11 is 5.24. The fraction of sp³-hybridized carbons (Fsp3) is 0.235. The molecule has 3 aromatic rings. The number of nitrogens with one attached hydrogen (secondary N) is 2. The maximum Gasteiger partial charge on any atom is 0.262 e. The van der Waals surface area contributed by atoms with Crippen molar-refractivity contribution in [2.24, 2.45) is 0 Å². The Kier molecular flexibility index (Phi) is 4.61. The van der Waals surface area contributed by atoms with E-state index in [1.807, 2.05) is 6.92 Å². The molecule has 0 saturated heterocycles. The number of H-pyrrole nitrogens is 1. The van der Waals surface area contributed by atoms with E-state index in [4.69, 9.17) is 16.6 Å². The second-order valence-corrected chi connectivity index (χ2v) is 5.80. The molecule has 6 nitrogen and oxygen atoms in total. The highest BCUT2D eigenvalue weighted by Gasteiger charge is 2.10. The van der Waals surface area contributed by atoms with Gasteiger partial charge in [-0.1, -0.05) is 6.92 Å². The summed E-state index contributed by atoms with van der Waals surface area (Å²) in [6.45, 7) is 2.85. The van der Waals surface area contributed by atoms with E-state index in [0.717, 1.165) is 6.42 Å². The van der Waals surface area contributed by atoms with E-state index < -0.39 is 0 Å². The van der Waals surface area contributed by atoms with Gasteiger partial charge in [-0.3, -0.25) is 14.2 Å². The standard InChI is InChI=1S/C17H17N3O3S/c1-2-7-20-16(22)13-6-5-11(9-14(13)19-17(20)24)15(21)18-10-12-4-3-8-23-12/h3-6,8-9H,2,7,10H2,1H3,(H,18,21)(H,19,24). The first-order valence-corrected chi connectivity index (χ1v) is 8.08. The molecule has 2 heterocycles. The van der Waals surface area contributed by atoms with Gasteiger partial charge in [-0.25, -0.2) is 0 Å². The van der Waals surface area contributed by atoms with Gasteiger partial charge in [0.2, 0.25) is 0 Å². The van der Waals surface area contributed by atoms with Crippen molar-refractivity contribution in [3.8, 4) is 0 Å². The highest BCUT2D eigenvalue weighted by Crippen LogP contribution is 2.11. The number of carbonyl (C=O) groups is 1. The van der Waals surface area contributed by atoms with Crippen molar-refractivity contribution in [1.29, 1.82) is 0 Å². The van der Waals surface area contributed by atoms with Crippen molar-refractivity contribution in [1.82, 2.24) is 14.9 Å². The van der Waals surface area contributed by atoms with Gasteiger partial charge >= 0.3 is 0 Å². The Bertz CT molecular complexity index is 986. The van der Waals surface area contributed by atoms with Crippen LogP contribution < -0.4 is 10.9 Å². The molecule has 0 saturated carbocycles. The van der Waals surface area contributed by atoms with Crippen LogP contribution in [0.1, 0.15) is 29.5 Å². The molecule has 2 N–H and O–H groups in total. The molecule has 0 radical (unpaired) electrons. The molecule has 0 spiro atoms. The summed E-state index contributed by atoms with van der Waals surface area (Å²) in [5.74, 6) is 0.427. The van der Waals surface area contributed by atoms with E-state index in [1.54, 1.807) is 36.6 Å². The van der Waals surface area contributed by atoms with Crippen LogP contribution in [0.3, 0.4) is 0 Å². The highest BCUT2D eigenvalue weighted by atomic mass is 32.1. The van der Waals surface area contributed by atoms with Gasteiger partial charge in [-0.05, 0) is 49.0 Å². The lowest BCUT2D eigenvalue weighted by Crippen LogP contribution is -2.24. The number of hydrogen-bond acceptors (Lipinski definition) is 4. The largest absolute Gasteiger partial charge is 0.467 e. The van der Waals surface area contributed by atoms with E-state index in [1.165, 1.54) is 4.57 Å². The third-order valence-electron chi connectivity index (χ3n) is 3.69. The molecule has 0 atom stereocenters. The predicted octanol–water partition coefficient (Wildman–Crippen LogP) is 2.99. The molecule has 24 heavy (non-hydrogen) atoms. The van der Waals surface area contributed by atoms with Crippen LogP contribution in [0, 0.1) is 4.77 Å². The summed E-state index contributed by atoms with van der Waals surface area (Å²) in [7, 11) is 0. The quantitative estimate of drug-likeness (QED) is 0.698. The topological polar surface area (TPSA) is 80.0 Å². The lowest BCUT2D eigenvalue weighted by atomic mass is 10.1. The number of rotatable bonds is 5. The minimum absolute atomic E-state index is 0.141. The number of nitrogens with zero attached hydrogens (tertiary/aromatic N) is 1. The summed E-state index contributed by atoms with van der Waals surface area (Å²) in [4.78, 5) is 27.7. The third kappa shape index (κ3) is 3.16. The van der Waals surface area contributed by atoms with Crippen molar-refractivity contribution in [3.05, 3.63) is 63.0 Å². The fourth-order valence-electron chi connectivity index (χ4n) is 2.51. The Morgan fingerprint density at radius 2 is 2.21 bits per heavy atom. The third-order valence-corrected chi connectivity index (χ3v) is 4.02. The van der Waals surface area contributed by atoms with Crippen LogP contribution in [0.5, 0.6) is 0 Å². The molecular formula is C17H17N3O3S. The summed E-state index contributed by atoms with van der Waals surface area (Å²) in [5, 5.41) is 3.28. The molecule has 124 valence electrons. The molecule has 1 amide bonds. The van der Waals surface area contributed by atoms with Crippen molar-refractivity contribution >= 4 is 29.0 Å². The Morgan fingerprint density at radius 3 is 2.92 bits per heavy atom. The van der Waals surface area contributed by atoms with E-state index in [2.05, 4.69) is 10.3 Å². The first-order chi connectivity index (χ1) is 11.6. The summed E-state index contributed by atoms with van der Waals surface area (Å²) in [6, 6.07) is 8.47. The minimum Gasteiger partial charge on any atom is -0.467 e. The molecule has 1 aromatic carbocycles. The van der Waals surface area contributed by atoms with Gasteiger partial charge in [0.1, 0.15) is 5.76 Å². The van der Waals surface area contributed by atoms with Crippen LogP contribution in [-0.4, -0.2) is 15.5 Å². The number of aromatic nitrogens is 2. The Labute approximate surface area is 143 Å². The normalized spacial score (nSPS) is 10.9. The SMILES string of the molecule is CCCn1c(=S)[nH]c2cc(C(=O)NCc3ccco3)ccc2c1=O. The van der Waals surface area contributed by atoms with E-state index in [9.17, 15) is 9.59 Å². The lowest BCUT2D eigenvalue weighted by molar-refractivity contribution is 0.0948. The summed E-state index contributed by atoms with van der Waals surface area (Å²) in [5.41, 5.74) is 0.869. The molecule has 0 aliphatic heterocycles. The maximum atomic E-state index is 12.5. The Morgan fingerprint density at radius 1 is 1.38 bits per heavy atom. The molecule has 0 unspecified atom stereocenters. The zero-order valence-corrected chi connectivity index (χ0v) is 14.0. The molecular weight excluding hydrogens is 326 g/mol. The monoisotopic (exact) mass is 343 g/mol. The number of amides is 1. The average molecular weight is 343 g/mol. The van der Waals surface area contributed by atoms with Gasteiger partial charge in [0.25, 0.3) is 11.5 Å². The number of carbonyl (C=O) groups excluding carboxylic acids is 1. The van der Waals surface area contributed by atoms with Crippen LogP contribution >= 0.6 is 12.2 Å². The fourth-order valence-corrected chi connectivity index (χ4v) is 2.79. The number of hydrogen-bond donors (Lipinski definition) is 2. The van der Waals surface area contributed by atoms with Crippen molar-refractivity contribution < 1.29 is 9.21 Å². The second-order valence-electron chi connectivity index (χ2n) is 5.41. The van der Waals surface area contributed by atoms with Crippen molar-refractivity contribution in [2.45, 2.75) is 26.4 Å². The lowest BCUT2D eigenvalue weighted by Gasteiger charge is -2.08. The molecule has 0 aliphatic carbocycles. The summed E-state index contributed by atoms with van der Waals surface area (Å²) in [6.07, 6.45) is 2.37. The second kappa shape index (κ2) is 6.84. The van der Waals surface area contributed by atoms with Crippen LogP contribution in [0.2, 0.25) is 0 Å². The van der Waals surface area contributed by atoms with Crippen molar-refractivity contribution in [3.63, 3.8) is 0 Å². The smallest absolute Gasteiger partial charge is 0.262 e. The molecule has 0 bridgehead atoms. The van der Waals surface area contributed by atoms with Gasteiger partial charge in [0, 0.05) is 12.1 Å². The number of furan rings is 1. The Balaban J connectivity index is 1.91. The van der Waals surface area contributed by atoms with Gasteiger partial charge in [-0.2, -0.15) is 0 Å². The zero-order chi connectivity index (χ0) is 17.1. The molecule has 3 rings (SSSR count). The van der Waals surface area contributed by atoms with Gasteiger partial charge in [0.15, 0.2) is 4.77 Å². The van der Waals surface area contributed by atoms with Crippen molar-refractivity contribution in [2.75, 3.05) is 0 Å². The zero-order valence-electron chi connectivity index (χ0n) is 13.2. The number of benzene rings is 1. The first kappa shape index (κ1) is 16.2. The van der Waals surface area contributed by atoms with Gasteiger partial charge < -0.3 is 14.7 Å². The highest BCUT2D eigenvalue weighted by molar-refractivity contribution is 7.71. The van der Waals surface area contributed by atoms with Crippen LogP contribution in [0.25, 0.3) is 10.9 Å². The van der Waals surface area contributed by atoms with Crippen LogP contribution in [-0.2, 0) is 13.1 Å². The van der Waals surface area contributed by atoms with Crippen LogP contribution in [0.4, 0.5) is 0 Å². The molecule has 0 aliphatic rings. The van der Waals surface area contributed by atoms with Gasteiger partial charge in [-0.15, -0.1) is 0 Å². The maximum absolute atomic E-state index is 12.5. The summed E-state index contributed by atoms with van der Waals surface area (Å²) < 4.78 is 7.08. The van der Waals surface area contributed by atoms with Gasteiger partial charge in [0.05, 0.1) is 23.7 Å². The van der Waals surface area contributed by atoms with E-state index >= 15 is 0 Å². The van der Waals surface area contributed by atoms with E-state index in [0.29, 0.717) is 40.1 Å². The number of aromatic amines is 1.